The van der Waals surface area contributed by atoms with Crippen LogP contribution in [-0.2, 0) is 6.54 Å². The maximum atomic E-state index is 11.9. The zero-order valence-corrected chi connectivity index (χ0v) is 16.1. The van der Waals surface area contributed by atoms with E-state index >= 15 is 0 Å². The van der Waals surface area contributed by atoms with E-state index in [1.807, 2.05) is 24.3 Å². The molecule has 2 aromatic rings. The van der Waals surface area contributed by atoms with E-state index in [0.717, 1.165) is 18.1 Å². The fourth-order valence-corrected chi connectivity index (χ4v) is 3.14. The number of aliphatic imine (C=N–C) groups is 1. The van der Waals surface area contributed by atoms with Crippen LogP contribution >= 0.6 is 11.3 Å². The van der Waals surface area contributed by atoms with Crippen LogP contribution in [0.1, 0.15) is 34.3 Å². The Labute approximate surface area is 153 Å². The van der Waals surface area contributed by atoms with Crippen LogP contribution in [0.5, 0.6) is 0 Å². The van der Waals surface area contributed by atoms with Gasteiger partial charge in [0.1, 0.15) is 0 Å². The molecule has 2 rings (SSSR count). The summed E-state index contributed by atoms with van der Waals surface area (Å²) in [6, 6.07) is 9.79. The molecule has 134 valence electrons. The highest BCUT2D eigenvalue weighted by Crippen LogP contribution is 2.17. The minimum Gasteiger partial charge on any atom is -0.356 e. The van der Waals surface area contributed by atoms with Crippen molar-refractivity contribution >= 4 is 23.2 Å². The van der Waals surface area contributed by atoms with Crippen molar-refractivity contribution in [2.24, 2.45) is 4.99 Å². The lowest BCUT2D eigenvalue weighted by atomic mass is 10.1. The van der Waals surface area contributed by atoms with E-state index in [-0.39, 0.29) is 5.91 Å². The summed E-state index contributed by atoms with van der Waals surface area (Å²) in [6.07, 6.45) is 0. The largest absolute Gasteiger partial charge is 0.356 e. The summed E-state index contributed by atoms with van der Waals surface area (Å²) in [4.78, 5) is 17.7. The highest BCUT2D eigenvalue weighted by molar-refractivity contribution is 7.07. The normalized spacial score (nSPS) is 12.6. The molecule has 0 bridgehead atoms. The van der Waals surface area contributed by atoms with Gasteiger partial charge in [0.2, 0.25) is 0 Å². The number of rotatable bonds is 6. The third-order valence-corrected chi connectivity index (χ3v) is 4.68. The van der Waals surface area contributed by atoms with E-state index < -0.39 is 0 Å². The van der Waals surface area contributed by atoms with Gasteiger partial charge in [-0.15, -0.1) is 0 Å². The van der Waals surface area contributed by atoms with Gasteiger partial charge in [-0.2, -0.15) is 11.3 Å². The van der Waals surface area contributed by atoms with Crippen molar-refractivity contribution in [2.75, 3.05) is 27.7 Å². The quantitative estimate of drug-likeness (QED) is 0.617. The van der Waals surface area contributed by atoms with Crippen molar-refractivity contribution in [2.45, 2.75) is 19.4 Å². The average molecular weight is 359 g/mol. The maximum Gasteiger partial charge on any atom is 0.253 e. The molecule has 6 heteroatoms. The molecule has 0 radical (unpaired) electrons. The Morgan fingerprint density at radius 2 is 1.92 bits per heavy atom. The van der Waals surface area contributed by atoms with Crippen LogP contribution in [0.2, 0.25) is 0 Å². The number of nitrogens with one attached hydrogen (secondary N) is 2. The average Bonchev–Trinajstić information content (AvgIpc) is 3.16. The van der Waals surface area contributed by atoms with Gasteiger partial charge in [-0.25, -0.2) is 0 Å². The number of guanidine groups is 1. The topological polar surface area (TPSA) is 56.7 Å². The van der Waals surface area contributed by atoms with Gasteiger partial charge in [-0.1, -0.05) is 19.1 Å². The molecule has 2 N–H and O–H groups in total. The lowest BCUT2D eigenvalue weighted by Crippen LogP contribution is -2.38. The van der Waals surface area contributed by atoms with Crippen LogP contribution in [0, 0.1) is 0 Å². The van der Waals surface area contributed by atoms with Crippen molar-refractivity contribution in [1.29, 1.82) is 0 Å². The first-order valence-electron chi connectivity index (χ1n) is 8.28. The predicted octanol–water partition coefficient (Wildman–Crippen LogP) is 2.92. The zero-order chi connectivity index (χ0) is 18.2. The molecular formula is C19H26N4OS. The summed E-state index contributed by atoms with van der Waals surface area (Å²) in [5, 5.41) is 10.9. The highest BCUT2D eigenvalue weighted by Gasteiger charge is 2.08. The van der Waals surface area contributed by atoms with E-state index in [4.69, 9.17) is 0 Å². The SMILES string of the molecule is CN=C(NCc1ccc(C(=O)N(C)C)cc1)NCC(C)c1ccsc1. The number of hydrogen-bond donors (Lipinski definition) is 2. The lowest BCUT2D eigenvalue weighted by molar-refractivity contribution is 0.0827. The van der Waals surface area contributed by atoms with E-state index in [2.05, 4.69) is 39.4 Å². The summed E-state index contributed by atoms with van der Waals surface area (Å²) in [7, 11) is 5.28. The molecule has 25 heavy (non-hydrogen) atoms. The van der Waals surface area contributed by atoms with E-state index in [9.17, 15) is 4.79 Å². The Morgan fingerprint density at radius 3 is 2.48 bits per heavy atom. The van der Waals surface area contributed by atoms with Gasteiger partial charge in [0.25, 0.3) is 5.91 Å². The number of carbonyl (C=O) groups is 1. The van der Waals surface area contributed by atoms with E-state index in [0.29, 0.717) is 18.0 Å². The van der Waals surface area contributed by atoms with Crippen LogP contribution in [-0.4, -0.2) is 44.5 Å². The Kier molecular flexibility index (Phi) is 7.01. The molecule has 0 aliphatic heterocycles. The van der Waals surface area contributed by atoms with Gasteiger partial charge >= 0.3 is 0 Å². The highest BCUT2D eigenvalue weighted by atomic mass is 32.1. The number of amides is 1. The van der Waals surface area contributed by atoms with Gasteiger partial charge in [0.05, 0.1) is 0 Å². The molecule has 0 spiro atoms. The molecule has 5 nitrogen and oxygen atoms in total. The molecule has 1 heterocycles. The molecular weight excluding hydrogens is 332 g/mol. The number of nitrogens with zero attached hydrogens (tertiary/aromatic N) is 2. The fourth-order valence-electron chi connectivity index (χ4n) is 2.35. The number of carbonyl (C=O) groups excluding carboxylic acids is 1. The standard InChI is InChI=1S/C19H26N4OS/c1-14(17-9-10-25-13-17)11-21-19(20-2)22-12-15-5-7-16(8-6-15)18(24)23(3)4/h5-10,13-14H,11-12H2,1-4H3,(H2,20,21,22). The summed E-state index contributed by atoms with van der Waals surface area (Å²) < 4.78 is 0. The van der Waals surface area contributed by atoms with Gasteiger partial charge < -0.3 is 15.5 Å². The molecule has 0 saturated carbocycles. The third kappa shape index (κ3) is 5.60. The van der Waals surface area contributed by atoms with Crippen LogP contribution in [0.15, 0.2) is 46.1 Å². The molecule has 1 atom stereocenters. The molecule has 0 aliphatic carbocycles. The Morgan fingerprint density at radius 1 is 1.20 bits per heavy atom. The Hall–Kier alpha value is -2.34. The monoisotopic (exact) mass is 358 g/mol. The predicted molar refractivity (Wildman–Crippen MR) is 105 cm³/mol. The van der Waals surface area contributed by atoms with Crippen molar-refractivity contribution < 1.29 is 4.79 Å². The second-order valence-corrected chi connectivity index (χ2v) is 6.94. The van der Waals surface area contributed by atoms with Crippen LogP contribution in [0.3, 0.4) is 0 Å². The maximum absolute atomic E-state index is 11.9. The summed E-state index contributed by atoms with van der Waals surface area (Å²) in [6.45, 7) is 3.68. The minimum atomic E-state index is 0.0133. The number of hydrogen-bond acceptors (Lipinski definition) is 3. The van der Waals surface area contributed by atoms with E-state index in [1.165, 1.54) is 5.56 Å². The van der Waals surface area contributed by atoms with Crippen molar-refractivity contribution in [1.82, 2.24) is 15.5 Å². The molecule has 1 amide bonds. The summed E-state index contributed by atoms with van der Waals surface area (Å²) in [5.41, 5.74) is 3.14. The minimum absolute atomic E-state index is 0.0133. The van der Waals surface area contributed by atoms with Gasteiger partial charge in [-0.05, 0) is 46.0 Å². The van der Waals surface area contributed by atoms with Gasteiger partial charge in [-0.3, -0.25) is 9.79 Å². The molecule has 1 aromatic carbocycles. The second-order valence-electron chi connectivity index (χ2n) is 6.16. The zero-order valence-electron chi connectivity index (χ0n) is 15.2. The number of benzene rings is 1. The molecule has 0 saturated heterocycles. The van der Waals surface area contributed by atoms with Crippen molar-refractivity contribution in [3.05, 3.63) is 57.8 Å². The molecule has 0 fully saturated rings. The first-order valence-corrected chi connectivity index (χ1v) is 9.22. The molecule has 0 aliphatic rings. The van der Waals surface area contributed by atoms with Gasteiger partial charge in [0, 0.05) is 39.8 Å². The van der Waals surface area contributed by atoms with E-state index in [1.54, 1.807) is 37.4 Å². The molecule has 1 unspecified atom stereocenters. The van der Waals surface area contributed by atoms with Crippen molar-refractivity contribution in [3.63, 3.8) is 0 Å². The Balaban J connectivity index is 1.83. The van der Waals surface area contributed by atoms with Crippen molar-refractivity contribution in [3.8, 4) is 0 Å². The fraction of sp³-hybridized carbons (Fsp3) is 0.368. The first-order chi connectivity index (χ1) is 12.0. The smallest absolute Gasteiger partial charge is 0.253 e. The van der Waals surface area contributed by atoms with Gasteiger partial charge in [0.15, 0.2) is 5.96 Å². The van der Waals surface area contributed by atoms with Crippen LogP contribution < -0.4 is 10.6 Å². The molecule has 1 aromatic heterocycles. The Bertz CT molecular complexity index is 693. The first kappa shape index (κ1) is 19.0. The lowest BCUT2D eigenvalue weighted by Gasteiger charge is -2.16. The summed E-state index contributed by atoms with van der Waals surface area (Å²) >= 11 is 1.72. The number of thiophene rings is 1. The van der Waals surface area contributed by atoms with Crippen LogP contribution in [0.25, 0.3) is 0 Å². The summed E-state index contributed by atoms with van der Waals surface area (Å²) in [5.74, 6) is 1.22. The second kappa shape index (κ2) is 9.22. The van der Waals surface area contributed by atoms with Crippen LogP contribution in [0.4, 0.5) is 0 Å². The third-order valence-electron chi connectivity index (χ3n) is 3.98.